The molecule has 1 heterocycles. The summed E-state index contributed by atoms with van der Waals surface area (Å²) in [6.07, 6.45) is 3.85. The zero-order valence-electron chi connectivity index (χ0n) is 9.29. The van der Waals surface area contributed by atoms with Crippen molar-refractivity contribution >= 4 is 11.9 Å². The molecule has 0 aromatic carbocycles. The van der Waals surface area contributed by atoms with Gasteiger partial charge in [-0.25, -0.2) is 4.79 Å². The summed E-state index contributed by atoms with van der Waals surface area (Å²) in [4.78, 5) is 23.0. The van der Waals surface area contributed by atoms with Crippen molar-refractivity contribution in [3.05, 3.63) is 0 Å². The number of carboxylic acids is 1. The number of carboxylic acid groups (broad SMARTS) is 1. The first kappa shape index (κ1) is 11.4. The molecular weight excluding hydrogens is 208 g/mol. The number of rotatable bonds is 3. The fourth-order valence-electron chi connectivity index (χ4n) is 2.34. The molecule has 0 bridgehead atoms. The van der Waals surface area contributed by atoms with E-state index in [0.717, 1.165) is 25.8 Å². The molecule has 5 heteroatoms. The van der Waals surface area contributed by atoms with Gasteiger partial charge >= 0.3 is 5.97 Å². The van der Waals surface area contributed by atoms with E-state index in [-0.39, 0.29) is 11.8 Å². The molecule has 0 radical (unpaired) electrons. The molecule has 0 aromatic rings. The van der Waals surface area contributed by atoms with Crippen molar-refractivity contribution in [1.82, 2.24) is 10.6 Å². The molecule has 2 aliphatic rings. The van der Waals surface area contributed by atoms with Gasteiger partial charge in [-0.1, -0.05) is 0 Å². The lowest BCUT2D eigenvalue weighted by atomic mass is 9.76. The summed E-state index contributed by atoms with van der Waals surface area (Å²) in [6, 6.07) is 0. The summed E-state index contributed by atoms with van der Waals surface area (Å²) < 4.78 is 0. The zero-order chi connectivity index (χ0) is 11.6. The second kappa shape index (κ2) is 4.41. The van der Waals surface area contributed by atoms with Crippen LogP contribution in [0.1, 0.15) is 32.1 Å². The Labute approximate surface area is 94.6 Å². The third kappa shape index (κ3) is 2.04. The van der Waals surface area contributed by atoms with Crippen molar-refractivity contribution < 1.29 is 14.7 Å². The van der Waals surface area contributed by atoms with E-state index >= 15 is 0 Å². The fourth-order valence-corrected chi connectivity index (χ4v) is 2.34. The van der Waals surface area contributed by atoms with E-state index in [1.165, 1.54) is 0 Å². The Morgan fingerprint density at radius 1 is 1.31 bits per heavy atom. The van der Waals surface area contributed by atoms with E-state index in [2.05, 4.69) is 10.6 Å². The first-order valence-electron chi connectivity index (χ1n) is 5.90. The minimum Gasteiger partial charge on any atom is -0.480 e. The van der Waals surface area contributed by atoms with E-state index < -0.39 is 11.5 Å². The monoisotopic (exact) mass is 226 g/mol. The van der Waals surface area contributed by atoms with Gasteiger partial charge in [-0.3, -0.25) is 4.79 Å². The molecule has 0 unspecified atom stereocenters. The van der Waals surface area contributed by atoms with Gasteiger partial charge in [0, 0.05) is 6.54 Å². The zero-order valence-corrected chi connectivity index (χ0v) is 9.29. The summed E-state index contributed by atoms with van der Waals surface area (Å²) >= 11 is 0. The van der Waals surface area contributed by atoms with E-state index in [4.69, 9.17) is 5.11 Å². The van der Waals surface area contributed by atoms with Crippen molar-refractivity contribution in [1.29, 1.82) is 0 Å². The lowest BCUT2D eigenvalue weighted by Crippen LogP contribution is -2.61. The van der Waals surface area contributed by atoms with Gasteiger partial charge in [0.15, 0.2) is 0 Å². The summed E-state index contributed by atoms with van der Waals surface area (Å²) in [5.41, 5.74) is -0.964. The highest BCUT2D eigenvalue weighted by atomic mass is 16.4. The molecule has 16 heavy (non-hydrogen) atoms. The molecule has 3 N–H and O–H groups in total. The Morgan fingerprint density at radius 2 is 2.06 bits per heavy atom. The van der Waals surface area contributed by atoms with Crippen molar-refractivity contribution in [2.45, 2.75) is 37.6 Å². The number of carbonyl (C=O) groups excluding carboxylic acids is 1. The van der Waals surface area contributed by atoms with Crippen LogP contribution in [0.5, 0.6) is 0 Å². The van der Waals surface area contributed by atoms with Gasteiger partial charge in [-0.15, -0.1) is 0 Å². The van der Waals surface area contributed by atoms with Gasteiger partial charge in [-0.05, 0) is 38.6 Å². The SMILES string of the molecule is O=C(NC1(C(=O)O)CCC1)[C@@H]1CCCNC1. The van der Waals surface area contributed by atoms with E-state index in [1.54, 1.807) is 0 Å². The summed E-state index contributed by atoms with van der Waals surface area (Å²) in [7, 11) is 0. The molecule has 1 aliphatic carbocycles. The van der Waals surface area contributed by atoms with Crippen molar-refractivity contribution in [3.63, 3.8) is 0 Å². The van der Waals surface area contributed by atoms with Crippen LogP contribution in [0.2, 0.25) is 0 Å². The van der Waals surface area contributed by atoms with Crippen molar-refractivity contribution in [2.75, 3.05) is 13.1 Å². The molecule has 1 atom stereocenters. The number of piperidine rings is 1. The van der Waals surface area contributed by atoms with Crippen LogP contribution in [0.4, 0.5) is 0 Å². The van der Waals surface area contributed by atoms with Crippen LogP contribution in [-0.4, -0.2) is 35.6 Å². The third-order valence-corrected chi connectivity index (χ3v) is 3.65. The van der Waals surface area contributed by atoms with Crippen LogP contribution in [0.3, 0.4) is 0 Å². The smallest absolute Gasteiger partial charge is 0.329 e. The Hall–Kier alpha value is -1.10. The Morgan fingerprint density at radius 3 is 2.50 bits per heavy atom. The fraction of sp³-hybridized carbons (Fsp3) is 0.818. The van der Waals surface area contributed by atoms with Crippen molar-refractivity contribution in [2.24, 2.45) is 5.92 Å². The average molecular weight is 226 g/mol. The topological polar surface area (TPSA) is 78.4 Å². The lowest BCUT2D eigenvalue weighted by molar-refractivity contribution is -0.152. The molecular formula is C11H18N2O3. The van der Waals surface area contributed by atoms with Gasteiger partial charge in [0.2, 0.25) is 5.91 Å². The number of amides is 1. The molecule has 1 saturated heterocycles. The molecule has 2 fully saturated rings. The molecule has 0 spiro atoms. The first-order chi connectivity index (χ1) is 7.64. The molecule has 1 amide bonds. The third-order valence-electron chi connectivity index (χ3n) is 3.65. The average Bonchev–Trinajstić information content (AvgIpc) is 2.24. The van der Waals surface area contributed by atoms with Gasteiger partial charge in [-0.2, -0.15) is 0 Å². The number of nitrogens with one attached hydrogen (secondary N) is 2. The van der Waals surface area contributed by atoms with E-state index in [9.17, 15) is 9.59 Å². The highest BCUT2D eigenvalue weighted by molar-refractivity contribution is 5.89. The molecule has 0 aromatic heterocycles. The van der Waals surface area contributed by atoms with Crippen LogP contribution in [-0.2, 0) is 9.59 Å². The molecule has 2 rings (SSSR count). The maximum Gasteiger partial charge on any atom is 0.329 e. The van der Waals surface area contributed by atoms with Gasteiger partial charge < -0.3 is 15.7 Å². The van der Waals surface area contributed by atoms with Crippen LogP contribution in [0.15, 0.2) is 0 Å². The van der Waals surface area contributed by atoms with Crippen LogP contribution >= 0.6 is 0 Å². The van der Waals surface area contributed by atoms with Crippen LogP contribution in [0, 0.1) is 5.92 Å². The Bertz CT molecular complexity index is 294. The quantitative estimate of drug-likeness (QED) is 0.638. The minimum absolute atomic E-state index is 0.0643. The largest absolute Gasteiger partial charge is 0.480 e. The number of carbonyl (C=O) groups is 2. The van der Waals surface area contributed by atoms with Gasteiger partial charge in [0.1, 0.15) is 5.54 Å². The Balaban J connectivity index is 1.92. The first-order valence-corrected chi connectivity index (χ1v) is 5.90. The van der Waals surface area contributed by atoms with Crippen LogP contribution in [0.25, 0.3) is 0 Å². The number of hydrogen-bond acceptors (Lipinski definition) is 3. The summed E-state index contributed by atoms with van der Waals surface area (Å²) in [5, 5.41) is 15.0. The molecule has 5 nitrogen and oxygen atoms in total. The number of aliphatic carboxylic acids is 1. The van der Waals surface area contributed by atoms with Crippen molar-refractivity contribution in [3.8, 4) is 0 Å². The van der Waals surface area contributed by atoms with Gasteiger partial charge in [0.25, 0.3) is 0 Å². The lowest BCUT2D eigenvalue weighted by Gasteiger charge is -2.39. The number of hydrogen-bond donors (Lipinski definition) is 3. The molecule has 90 valence electrons. The maximum absolute atomic E-state index is 11.9. The normalized spacial score (nSPS) is 27.9. The van der Waals surface area contributed by atoms with Gasteiger partial charge in [0.05, 0.1) is 5.92 Å². The second-order valence-electron chi connectivity index (χ2n) is 4.77. The highest BCUT2D eigenvalue weighted by Gasteiger charge is 2.46. The summed E-state index contributed by atoms with van der Waals surface area (Å²) in [6.45, 7) is 1.62. The molecule has 1 aliphatic heterocycles. The minimum atomic E-state index is -0.964. The highest BCUT2D eigenvalue weighted by Crippen LogP contribution is 2.32. The standard InChI is InChI=1S/C11H18N2O3/c14-9(8-3-1-6-12-7-8)13-11(10(15)16)4-2-5-11/h8,12H,1-7H2,(H,13,14)(H,15,16)/t8-/m1/s1. The van der Waals surface area contributed by atoms with Crippen LogP contribution < -0.4 is 10.6 Å². The second-order valence-corrected chi connectivity index (χ2v) is 4.77. The predicted molar refractivity (Wildman–Crippen MR) is 58.0 cm³/mol. The Kier molecular flexibility index (Phi) is 3.14. The maximum atomic E-state index is 11.9. The molecule has 1 saturated carbocycles. The predicted octanol–water partition coefficient (Wildman–Crippen LogP) is 0.109. The summed E-state index contributed by atoms with van der Waals surface area (Å²) in [5.74, 6) is -1.06. The van der Waals surface area contributed by atoms with E-state index in [0.29, 0.717) is 19.4 Å². The van der Waals surface area contributed by atoms with E-state index in [1.807, 2.05) is 0 Å².